The molecule has 9 aromatic rings. The van der Waals surface area contributed by atoms with Gasteiger partial charge >= 0.3 is 426 Å². The van der Waals surface area contributed by atoms with E-state index in [9.17, 15) is 0 Å². The number of rotatable bonds is 17. The number of hydrogen-bond donors (Lipinski definition) is 0. The van der Waals surface area contributed by atoms with E-state index in [-0.39, 0.29) is 37.2 Å². The first-order valence-electron chi connectivity index (χ1n) is 24.8. The molecule has 72 heavy (non-hydrogen) atoms. The minimum atomic E-state index is -3.20. The number of allylic oxidation sites excluding steroid dienone is 4. The van der Waals surface area contributed by atoms with Gasteiger partial charge in [-0.2, -0.15) is 0 Å². The van der Waals surface area contributed by atoms with Gasteiger partial charge in [0.25, 0.3) is 0 Å². The molecule has 0 aromatic heterocycles. The van der Waals surface area contributed by atoms with Crippen LogP contribution in [0, 0.1) is 0 Å². The summed E-state index contributed by atoms with van der Waals surface area (Å²) in [7, 11) is -3.20. The second-order valence-electron chi connectivity index (χ2n) is 19.0. The first-order chi connectivity index (χ1) is 34.0. The molecule has 0 saturated heterocycles. The van der Waals surface area contributed by atoms with Crippen LogP contribution in [0.4, 0.5) is 0 Å². The van der Waals surface area contributed by atoms with Crippen LogP contribution < -0.4 is 52.8 Å². The molecule has 1 aliphatic rings. The fourth-order valence-electron chi connectivity index (χ4n) is 10.9. The maximum Gasteiger partial charge on any atom is -1.00 e. The summed E-state index contributed by atoms with van der Waals surface area (Å²) in [6.07, 6.45) is 9.87. The van der Waals surface area contributed by atoms with Gasteiger partial charge < -0.3 is 37.2 Å². The summed E-state index contributed by atoms with van der Waals surface area (Å²) in [5.74, 6) is 0. The van der Waals surface area contributed by atoms with E-state index < -0.39 is 8.07 Å². The minimum absolute atomic E-state index is 0. The molecule has 0 N–H and O–H groups in total. The molecule has 1 aliphatic carbocycles. The second kappa shape index (κ2) is 25.8. The molecule has 0 amide bonds. The molecular formula is C67H59Cl3SiTi. The van der Waals surface area contributed by atoms with E-state index >= 15 is 0 Å². The average molecular weight is 1050 g/mol. The average Bonchev–Trinajstić information content (AvgIpc) is 3.75. The van der Waals surface area contributed by atoms with E-state index in [1.54, 1.807) is 5.20 Å². The summed E-state index contributed by atoms with van der Waals surface area (Å²) in [5.41, 5.74) is 17.8. The number of benzene rings is 9. The summed E-state index contributed by atoms with van der Waals surface area (Å²) < 4.78 is 1.50. The van der Waals surface area contributed by atoms with Gasteiger partial charge in [-0.05, 0) is 0 Å². The van der Waals surface area contributed by atoms with E-state index in [1.165, 1.54) is 91.8 Å². The summed E-state index contributed by atoms with van der Waals surface area (Å²) >= 11 is 2.40. The Morgan fingerprint density at radius 3 is 0.750 bits per heavy atom. The second-order valence-corrected chi connectivity index (χ2v) is 23.7. The van der Waals surface area contributed by atoms with Crippen molar-refractivity contribution < 1.29 is 57.7 Å². The molecule has 0 heterocycles. The molecule has 356 valence electrons. The van der Waals surface area contributed by atoms with Crippen molar-refractivity contribution in [3.8, 4) is 0 Å². The third-order valence-corrected chi connectivity index (χ3v) is 19.5. The van der Waals surface area contributed by atoms with Crippen molar-refractivity contribution in [3.05, 3.63) is 324 Å². The van der Waals surface area contributed by atoms with E-state index in [4.69, 9.17) is 0 Å². The van der Waals surface area contributed by atoms with Crippen LogP contribution in [0.25, 0.3) is 0 Å². The molecule has 0 aliphatic heterocycles. The Bertz CT molecular complexity index is 2720. The normalized spacial score (nSPS) is 12.1. The monoisotopic (exact) mass is 1040 g/mol. The third kappa shape index (κ3) is 12.9. The summed E-state index contributed by atoms with van der Waals surface area (Å²) in [6.45, 7) is 2.39. The van der Waals surface area contributed by atoms with Gasteiger partial charge in [0.1, 0.15) is 0 Å². The molecule has 10 rings (SSSR count). The standard InChI is InChI=1S/C67H59Si.3ClH.Ti/c1-2-63-34-21-35-67(63)68(64-45-57(36-51-22-9-3-10-23-51)42-58(46-64)37-52-24-11-4-12-25-52,65-47-59(38-53-26-13-5-14-27-53)43-60(48-65)39-54-28-15-6-16-29-54)66-49-61(40-55-30-17-7-18-31-55)44-62(50-66)41-56-32-19-8-20-33-56;;;;/h3-20,22-33,35,42-50H,2,21,36-41H2,1H3;3*1H;/q;;;;+3/p-3. The number of halogens is 3. The van der Waals surface area contributed by atoms with Crippen molar-refractivity contribution in [2.75, 3.05) is 0 Å². The molecular weight excluding hydrogens is 987 g/mol. The predicted octanol–water partition coefficient (Wildman–Crippen LogP) is 4.79. The zero-order valence-electron chi connectivity index (χ0n) is 40.9. The van der Waals surface area contributed by atoms with Gasteiger partial charge in [-0.1, -0.05) is 0 Å². The van der Waals surface area contributed by atoms with E-state index in [0.717, 1.165) is 51.4 Å². The molecule has 0 spiro atoms. The van der Waals surface area contributed by atoms with Crippen molar-refractivity contribution in [1.82, 2.24) is 0 Å². The summed E-state index contributed by atoms with van der Waals surface area (Å²) in [6, 6.07) is 90.0. The Hall–Kier alpha value is -5.74. The molecule has 0 atom stereocenters. The van der Waals surface area contributed by atoms with Crippen molar-refractivity contribution in [2.45, 2.75) is 58.3 Å². The zero-order chi connectivity index (χ0) is 46.8. The van der Waals surface area contributed by atoms with Crippen LogP contribution in [0.15, 0.2) is 257 Å². The number of hydrogen-bond acceptors (Lipinski definition) is 0. The fraction of sp³-hybridized carbons (Fsp3) is 0.134. The van der Waals surface area contributed by atoms with Crippen molar-refractivity contribution >= 4 is 23.6 Å². The first kappa shape index (κ1) is 54.0. The Morgan fingerprint density at radius 1 is 0.319 bits per heavy atom. The summed E-state index contributed by atoms with van der Waals surface area (Å²) in [4.78, 5) is 0. The fourth-order valence-corrected chi connectivity index (χ4v) is 17.3. The molecule has 0 radical (unpaired) electrons. The van der Waals surface area contributed by atoms with Crippen molar-refractivity contribution in [1.29, 1.82) is 0 Å². The third-order valence-electron chi connectivity index (χ3n) is 13.9. The van der Waals surface area contributed by atoms with E-state index in [2.05, 4.69) is 270 Å². The van der Waals surface area contributed by atoms with Crippen LogP contribution in [0.3, 0.4) is 0 Å². The summed E-state index contributed by atoms with van der Waals surface area (Å²) in [5, 5.41) is 5.98. The van der Waals surface area contributed by atoms with Gasteiger partial charge in [0.15, 0.2) is 0 Å². The van der Waals surface area contributed by atoms with Crippen LogP contribution in [0.5, 0.6) is 0 Å². The van der Waals surface area contributed by atoms with Crippen LogP contribution in [0.2, 0.25) is 0 Å². The Morgan fingerprint density at radius 2 is 0.542 bits per heavy atom. The van der Waals surface area contributed by atoms with Gasteiger partial charge in [-0.3, -0.25) is 0 Å². The molecule has 0 fully saturated rings. The van der Waals surface area contributed by atoms with Crippen LogP contribution in [-0.4, -0.2) is 8.07 Å². The van der Waals surface area contributed by atoms with E-state index in [0.29, 0.717) is 0 Å². The van der Waals surface area contributed by atoms with Gasteiger partial charge in [-0.15, -0.1) is 0 Å². The predicted molar refractivity (Wildman–Crippen MR) is 289 cm³/mol. The maximum atomic E-state index is 2.67. The Kier molecular flexibility index (Phi) is 19.3. The van der Waals surface area contributed by atoms with Crippen molar-refractivity contribution in [3.63, 3.8) is 0 Å². The maximum absolute atomic E-state index is 3.20. The van der Waals surface area contributed by atoms with Crippen molar-refractivity contribution in [2.24, 2.45) is 0 Å². The smallest absolute Gasteiger partial charge is 1.00 e. The quantitative estimate of drug-likeness (QED) is 0.0911. The first-order valence-corrected chi connectivity index (χ1v) is 27.5. The van der Waals surface area contributed by atoms with Crippen LogP contribution >= 0.6 is 0 Å². The van der Waals surface area contributed by atoms with Crippen LogP contribution in [-0.2, 0) is 59.0 Å². The topological polar surface area (TPSA) is 0 Å². The van der Waals surface area contributed by atoms with Gasteiger partial charge in [0.05, 0.1) is 0 Å². The van der Waals surface area contributed by atoms with Gasteiger partial charge in [0.2, 0.25) is 0 Å². The van der Waals surface area contributed by atoms with Gasteiger partial charge in [-0.25, -0.2) is 0 Å². The van der Waals surface area contributed by atoms with Gasteiger partial charge in [0, 0.05) is 0 Å². The Labute approximate surface area is 460 Å². The molecule has 0 nitrogen and oxygen atoms in total. The molecule has 0 bridgehead atoms. The molecule has 9 aromatic carbocycles. The SMILES string of the molecule is CCC1=[C]([Ti+3])CC=C1[Si](c1cc(Cc2ccccc2)cc(Cc2ccccc2)c1)(c1cc(Cc2ccccc2)cc(Cc2ccccc2)c1)c1cc(Cc2ccccc2)cc(Cc2ccccc2)c1.[Cl-].[Cl-].[Cl-]. The van der Waals surface area contributed by atoms with E-state index in [1.807, 2.05) is 0 Å². The molecule has 0 unspecified atom stereocenters. The minimum Gasteiger partial charge on any atom is -1.00 e. The zero-order valence-corrected chi connectivity index (χ0v) is 45.7. The largest absolute Gasteiger partial charge is 1.00 e. The van der Waals surface area contributed by atoms with Crippen LogP contribution in [0.1, 0.15) is 86.5 Å². The molecule has 5 heteroatoms. The Balaban J connectivity index is 0.00000253. The molecule has 0 saturated carbocycles.